The molecule has 44 heavy (non-hydrogen) atoms. The van der Waals surface area contributed by atoms with Crippen molar-refractivity contribution in [2.45, 2.75) is 50.2 Å². The number of halogens is 5. The Morgan fingerprint density at radius 2 is 1.93 bits per heavy atom. The highest BCUT2D eigenvalue weighted by Crippen LogP contribution is 2.35. The van der Waals surface area contributed by atoms with Gasteiger partial charge in [-0.3, -0.25) is 10.00 Å². The Labute approximate surface area is 249 Å². The molecule has 232 valence electrons. The number of rotatable bonds is 11. The third-order valence-corrected chi connectivity index (χ3v) is 7.49. The van der Waals surface area contributed by atoms with Gasteiger partial charge in [0.2, 0.25) is 0 Å². The number of allylic oxidation sites excluding steroid dienone is 4. The summed E-state index contributed by atoms with van der Waals surface area (Å²) in [4.78, 5) is 8.13. The van der Waals surface area contributed by atoms with E-state index >= 15 is 4.39 Å². The molecule has 4 aromatic rings. The van der Waals surface area contributed by atoms with Crippen molar-refractivity contribution in [1.29, 1.82) is 0 Å². The normalized spacial score (nSPS) is 19.0. The van der Waals surface area contributed by atoms with Gasteiger partial charge in [0, 0.05) is 19.0 Å². The van der Waals surface area contributed by atoms with E-state index in [0.29, 0.717) is 22.5 Å². The van der Waals surface area contributed by atoms with E-state index in [0.717, 1.165) is 13.1 Å². The Balaban J connectivity index is 1.43. The molecule has 3 N–H and O–H groups in total. The molecule has 0 amide bonds. The maximum atomic E-state index is 15.2. The molecular formula is C30H30F5N7O2. The largest absolute Gasteiger partial charge is 0.408 e. The molecule has 0 bridgehead atoms. The molecular weight excluding hydrogens is 585 g/mol. The van der Waals surface area contributed by atoms with Gasteiger partial charge in [-0.25, -0.2) is 18.7 Å². The van der Waals surface area contributed by atoms with E-state index in [4.69, 9.17) is 4.52 Å². The Kier molecular flexibility index (Phi) is 8.66. The standard InChI is InChI=1S/C30H30F5N7O2/c1-28(32)12-7-6-10-20(28)16-42-25(22-11-13-44-41-22)14-23(40-42)27-36-15-21(31)26(38-27)37-18-29(2,30(33,34)35)39-24(17-43)19-8-4-3-5-9-19/h3-11,13-15,24,39,43H,12,16-18H2,1-2H3,(H,36,37,38)/t24-,28?,29-/m0/s1. The molecule has 1 unspecified atom stereocenters. The highest BCUT2D eigenvalue weighted by molar-refractivity contribution is 5.63. The molecule has 0 fully saturated rings. The molecule has 14 heteroatoms. The number of benzene rings is 1. The number of nitrogens with one attached hydrogen (secondary N) is 2. The summed E-state index contributed by atoms with van der Waals surface area (Å²) < 4.78 is 79.4. The van der Waals surface area contributed by atoms with Crippen LogP contribution in [0.1, 0.15) is 31.9 Å². The average Bonchev–Trinajstić information content (AvgIpc) is 3.67. The van der Waals surface area contributed by atoms with Crippen LogP contribution in [-0.4, -0.2) is 60.5 Å². The molecule has 0 spiro atoms. The van der Waals surface area contributed by atoms with Crippen LogP contribution in [0.3, 0.4) is 0 Å². The summed E-state index contributed by atoms with van der Waals surface area (Å²) in [5.74, 6) is -1.55. The zero-order valence-corrected chi connectivity index (χ0v) is 23.8. The second kappa shape index (κ2) is 12.3. The van der Waals surface area contributed by atoms with Gasteiger partial charge in [-0.1, -0.05) is 53.7 Å². The minimum Gasteiger partial charge on any atom is -0.394 e. The topological polar surface area (TPSA) is 114 Å². The molecule has 3 atom stereocenters. The molecule has 3 heterocycles. The first-order valence-electron chi connectivity index (χ1n) is 13.7. The summed E-state index contributed by atoms with van der Waals surface area (Å²) in [5.41, 5.74) is -2.32. The average molecular weight is 616 g/mol. The van der Waals surface area contributed by atoms with E-state index in [9.17, 15) is 22.7 Å². The highest BCUT2D eigenvalue weighted by Gasteiger charge is 2.52. The van der Waals surface area contributed by atoms with Crippen LogP contribution in [0.15, 0.2) is 83.2 Å². The quantitative estimate of drug-likeness (QED) is 0.181. The molecule has 9 nitrogen and oxygen atoms in total. The van der Waals surface area contributed by atoms with Crippen LogP contribution in [0.25, 0.3) is 22.9 Å². The monoisotopic (exact) mass is 615 g/mol. The Morgan fingerprint density at radius 1 is 1.16 bits per heavy atom. The van der Waals surface area contributed by atoms with E-state index < -0.39 is 48.2 Å². The lowest BCUT2D eigenvalue weighted by Crippen LogP contribution is -2.60. The smallest absolute Gasteiger partial charge is 0.394 e. The molecule has 0 saturated heterocycles. The van der Waals surface area contributed by atoms with Crippen LogP contribution in [0.5, 0.6) is 0 Å². The van der Waals surface area contributed by atoms with Crippen molar-refractivity contribution in [3.05, 3.63) is 90.1 Å². The molecule has 1 aliphatic carbocycles. The maximum absolute atomic E-state index is 15.2. The minimum atomic E-state index is -4.80. The van der Waals surface area contributed by atoms with Crippen molar-refractivity contribution < 1.29 is 31.6 Å². The summed E-state index contributed by atoms with van der Waals surface area (Å²) in [6.07, 6.45) is 2.72. The first-order chi connectivity index (χ1) is 20.9. The number of nitrogens with zero attached hydrogens (tertiary/aromatic N) is 5. The number of anilines is 1. The highest BCUT2D eigenvalue weighted by atomic mass is 19.4. The Hall–Kier alpha value is -4.43. The molecule has 3 aromatic heterocycles. The van der Waals surface area contributed by atoms with Gasteiger partial charge < -0.3 is 14.9 Å². The summed E-state index contributed by atoms with van der Waals surface area (Å²) in [6.45, 7) is 0.991. The van der Waals surface area contributed by atoms with Gasteiger partial charge >= 0.3 is 6.18 Å². The number of aromatic nitrogens is 5. The minimum absolute atomic E-state index is 0.0505. The molecule has 1 aromatic carbocycles. The van der Waals surface area contributed by atoms with E-state index in [1.54, 1.807) is 60.7 Å². The lowest BCUT2D eigenvalue weighted by molar-refractivity contribution is -0.190. The van der Waals surface area contributed by atoms with Crippen LogP contribution in [0.4, 0.5) is 27.8 Å². The zero-order chi connectivity index (χ0) is 31.5. The number of alkyl halides is 4. The number of aliphatic hydroxyl groups is 1. The second-order valence-corrected chi connectivity index (χ2v) is 10.8. The predicted molar refractivity (Wildman–Crippen MR) is 152 cm³/mol. The van der Waals surface area contributed by atoms with Gasteiger partial charge in [0.15, 0.2) is 17.5 Å². The van der Waals surface area contributed by atoms with E-state index in [2.05, 4.69) is 30.9 Å². The van der Waals surface area contributed by atoms with E-state index in [1.165, 1.54) is 17.9 Å². The van der Waals surface area contributed by atoms with Crippen molar-refractivity contribution >= 4 is 5.82 Å². The number of hydrogen-bond acceptors (Lipinski definition) is 8. The van der Waals surface area contributed by atoms with Crippen LogP contribution in [0.2, 0.25) is 0 Å². The first kappa shape index (κ1) is 31.0. The number of aliphatic hydroxyl groups excluding tert-OH is 1. The molecule has 1 aliphatic rings. The first-order valence-corrected chi connectivity index (χ1v) is 13.7. The zero-order valence-electron chi connectivity index (χ0n) is 23.8. The fourth-order valence-corrected chi connectivity index (χ4v) is 4.77. The lowest BCUT2D eigenvalue weighted by atomic mass is 9.90. The summed E-state index contributed by atoms with van der Waals surface area (Å²) in [5, 5.41) is 23.2. The summed E-state index contributed by atoms with van der Waals surface area (Å²) in [7, 11) is 0. The third-order valence-electron chi connectivity index (χ3n) is 7.49. The lowest BCUT2D eigenvalue weighted by Gasteiger charge is -2.36. The van der Waals surface area contributed by atoms with Crippen LogP contribution >= 0.6 is 0 Å². The van der Waals surface area contributed by atoms with Crippen molar-refractivity contribution in [1.82, 2.24) is 30.2 Å². The van der Waals surface area contributed by atoms with Crippen LogP contribution < -0.4 is 10.6 Å². The second-order valence-electron chi connectivity index (χ2n) is 10.8. The Bertz CT molecular complexity index is 1640. The van der Waals surface area contributed by atoms with Crippen molar-refractivity contribution in [2.24, 2.45) is 0 Å². The Morgan fingerprint density at radius 3 is 2.59 bits per heavy atom. The number of hydrogen-bond donors (Lipinski definition) is 3. The van der Waals surface area contributed by atoms with Gasteiger partial charge in [0.05, 0.1) is 31.1 Å². The van der Waals surface area contributed by atoms with Gasteiger partial charge in [0.1, 0.15) is 28.9 Å². The van der Waals surface area contributed by atoms with Crippen LogP contribution in [0, 0.1) is 5.82 Å². The van der Waals surface area contributed by atoms with Crippen LogP contribution in [-0.2, 0) is 6.54 Å². The van der Waals surface area contributed by atoms with Gasteiger partial charge in [-0.05, 0) is 31.1 Å². The van der Waals surface area contributed by atoms with Gasteiger partial charge in [-0.15, -0.1) is 0 Å². The predicted octanol–water partition coefficient (Wildman–Crippen LogP) is 5.80. The van der Waals surface area contributed by atoms with Crippen molar-refractivity contribution in [2.75, 3.05) is 18.5 Å². The third kappa shape index (κ3) is 6.55. The molecule has 5 rings (SSSR count). The van der Waals surface area contributed by atoms with Gasteiger partial charge in [-0.2, -0.15) is 18.3 Å². The van der Waals surface area contributed by atoms with Crippen molar-refractivity contribution in [3.8, 4) is 22.9 Å². The molecule has 0 aliphatic heterocycles. The van der Waals surface area contributed by atoms with E-state index in [-0.39, 0.29) is 24.5 Å². The van der Waals surface area contributed by atoms with Gasteiger partial charge in [0.25, 0.3) is 0 Å². The fourth-order valence-electron chi connectivity index (χ4n) is 4.77. The van der Waals surface area contributed by atoms with Crippen molar-refractivity contribution in [3.63, 3.8) is 0 Å². The fraction of sp³-hybridized carbons (Fsp3) is 0.333. The maximum Gasteiger partial charge on any atom is 0.408 e. The SMILES string of the molecule is CC1(F)CC=CC=C1Cn1nc(-c2ncc(F)c(NC[C@](C)(N[C@@H](CO)c3ccccc3)C(F)(F)F)n2)cc1-c1ccon1. The summed E-state index contributed by atoms with van der Waals surface area (Å²) in [6, 6.07) is 10.3. The molecule has 0 saturated carbocycles. The molecule has 0 radical (unpaired) electrons. The summed E-state index contributed by atoms with van der Waals surface area (Å²) >= 11 is 0. The van der Waals surface area contributed by atoms with E-state index in [1.807, 2.05) is 0 Å².